The van der Waals surface area contributed by atoms with Gasteiger partial charge in [0.1, 0.15) is 5.69 Å². The average molecular weight is 223 g/mol. The number of carbonyl (C=O) groups is 1. The van der Waals surface area contributed by atoms with Crippen molar-refractivity contribution >= 4 is 17.1 Å². The molecule has 1 heterocycles. The lowest BCUT2D eigenvalue weighted by atomic mass is 9.80. The molecule has 1 saturated carbocycles. The summed E-state index contributed by atoms with van der Waals surface area (Å²) in [5.74, 6) is 1.31. The summed E-state index contributed by atoms with van der Waals surface area (Å²) in [7, 11) is 0. The van der Waals surface area contributed by atoms with Gasteiger partial charge in [-0.2, -0.15) is 0 Å². The first-order valence-corrected chi connectivity index (χ1v) is 6.51. The maximum absolute atomic E-state index is 12.1. The average Bonchev–Trinajstić information content (AvgIpc) is 2.65. The zero-order valence-corrected chi connectivity index (χ0v) is 10.1. The van der Waals surface area contributed by atoms with Crippen molar-refractivity contribution in [2.75, 3.05) is 0 Å². The highest BCUT2D eigenvalue weighted by atomic mass is 32.1. The third-order valence-corrected chi connectivity index (χ3v) is 4.03. The maximum Gasteiger partial charge on any atom is 0.185 e. The fourth-order valence-electron chi connectivity index (χ4n) is 2.21. The highest BCUT2D eigenvalue weighted by Gasteiger charge is 2.26. The van der Waals surface area contributed by atoms with Gasteiger partial charge in [0.25, 0.3) is 0 Å². The molecule has 2 rings (SSSR count). The van der Waals surface area contributed by atoms with E-state index in [4.69, 9.17) is 0 Å². The Balaban J connectivity index is 2.02. The molecule has 1 aromatic heterocycles. The molecular weight excluding hydrogens is 206 g/mol. The van der Waals surface area contributed by atoms with Gasteiger partial charge in [0, 0.05) is 11.3 Å². The molecule has 1 aromatic rings. The molecule has 0 bridgehead atoms. The number of aryl methyl sites for hydroxylation is 1. The number of aromatic nitrogens is 1. The molecule has 0 amide bonds. The van der Waals surface area contributed by atoms with Crippen molar-refractivity contribution in [3.8, 4) is 0 Å². The van der Waals surface area contributed by atoms with Crippen molar-refractivity contribution in [1.82, 2.24) is 4.98 Å². The minimum absolute atomic E-state index is 0.239. The summed E-state index contributed by atoms with van der Waals surface area (Å²) >= 11 is 1.57. The Morgan fingerprint density at radius 1 is 1.40 bits per heavy atom. The van der Waals surface area contributed by atoms with E-state index in [0.29, 0.717) is 5.69 Å². The number of ketones is 1. The van der Waals surface area contributed by atoms with E-state index in [1.54, 1.807) is 11.3 Å². The normalized spacial score (nSPS) is 26.5. The molecule has 0 saturated heterocycles. The van der Waals surface area contributed by atoms with Crippen LogP contribution in [0.2, 0.25) is 0 Å². The van der Waals surface area contributed by atoms with Gasteiger partial charge in [-0.15, -0.1) is 11.3 Å². The molecule has 0 aliphatic heterocycles. The van der Waals surface area contributed by atoms with Crippen LogP contribution in [-0.4, -0.2) is 10.8 Å². The fraction of sp³-hybridized carbons (Fsp3) is 0.667. The summed E-state index contributed by atoms with van der Waals surface area (Å²) in [6, 6.07) is 0. The molecule has 0 spiro atoms. The summed E-state index contributed by atoms with van der Waals surface area (Å²) in [6.45, 7) is 4.22. The number of nitrogens with zero attached hydrogens (tertiary/aromatic N) is 1. The second-order valence-corrected chi connectivity index (χ2v) is 5.64. The van der Waals surface area contributed by atoms with E-state index in [1.807, 2.05) is 12.3 Å². The summed E-state index contributed by atoms with van der Waals surface area (Å²) in [5.41, 5.74) is 0.692. The zero-order valence-electron chi connectivity index (χ0n) is 9.32. The van der Waals surface area contributed by atoms with E-state index in [2.05, 4.69) is 11.9 Å². The van der Waals surface area contributed by atoms with Gasteiger partial charge in [-0.25, -0.2) is 4.98 Å². The van der Waals surface area contributed by atoms with Crippen LogP contribution in [0.1, 0.15) is 48.1 Å². The molecule has 1 fully saturated rings. The third kappa shape index (κ3) is 2.46. The predicted molar refractivity (Wildman–Crippen MR) is 62.3 cm³/mol. The van der Waals surface area contributed by atoms with Gasteiger partial charge >= 0.3 is 0 Å². The van der Waals surface area contributed by atoms with Gasteiger partial charge in [0.15, 0.2) is 5.78 Å². The molecule has 82 valence electrons. The molecule has 0 radical (unpaired) electrons. The first-order valence-electron chi connectivity index (χ1n) is 5.63. The van der Waals surface area contributed by atoms with Gasteiger partial charge < -0.3 is 0 Å². The molecule has 1 aliphatic carbocycles. The number of carbonyl (C=O) groups excluding carboxylic acids is 1. The van der Waals surface area contributed by atoms with Crippen LogP contribution < -0.4 is 0 Å². The van der Waals surface area contributed by atoms with Crippen molar-refractivity contribution < 1.29 is 4.79 Å². The van der Waals surface area contributed by atoms with E-state index in [0.717, 1.165) is 23.8 Å². The zero-order chi connectivity index (χ0) is 10.8. The van der Waals surface area contributed by atoms with Crippen LogP contribution >= 0.6 is 11.3 Å². The van der Waals surface area contributed by atoms with Crippen molar-refractivity contribution in [3.05, 3.63) is 16.1 Å². The summed E-state index contributed by atoms with van der Waals surface area (Å²) in [6.07, 6.45) is 4.49. The Bertz CT molecular complexity index is 350. The summed E-state index contributed by atoms with van der Waals surface area (Å²) in [5, 5.41) is 2.89. The predicted octanol–water partition coefficient (Wildman–Crippen LogP) is 3.46. The van der Waals surface area contributed by atoms with Crippen LogP contribution in [-0.2, 0) is 0 Å². The van der Waals surface area contributed by atoms with Crippen molar-refractivity contribution in [3.63, 3.8) is 0 Å². The Kier molecular flexibility index (Phi) is 3.19. The van der Waals surface area contributed by atoms with Crippen molar-refractivity contribution in [1.29, 1.82) is 0 Å². The monoisotopic (exact) mass is 223 g/mol. The second kappa shape index (κ2) is 4.44. The summed E-state index contributed by atoms with van der Waals surface area (Å²) in [4.78, 5) is 16.3. The van der Waals surface area contributed by atoms with E-state index >= 15 is 0 Å². The molecule has 15 heavy (non-hydrogen) atoms. The Labute approximate surface area is 94.7 Å². The van der Waals surface area contributed by atoms with Crippen LogP contribution in [0, 0.1) is 18.8 Å². The number of hydrogen-bond donors (Lipinski definition) is 0. The third-order valence-electron chi connectivity index (χ3n) is 3.26. The quantitative estimate of drug-likeness (QED) is 0.719. The molecule has 0 unspecified atom stereocenters. The Morgan fingerprint density at radius 2 is 2.07 bits per heavy atom. The summed E-state index contributed by atoms with van der Waals surface area (Å²) < 4.78 is 0. The molecule has 3 heteroatoms. The highest BCUT2D eigenvalue weighted by Crippen LogP contribution is 2.30. The van der Waals surface area contributed by atoms with Gasteiger partial charge in [0.2, 0.25) is 0 Å². The van der Waals surface area contributed by atoms with Gasteiger partial charge in [-0.3, -0.25) is 4.79 Å². The molecule has 0 atom stereocenters. The van der Waals surface area contributed by atoms with Crippen molar-refractivity contribution in [2.24, 2.45) is 11.8 Å². The van der Waals surface area contributed by atoms with Gasteiger partial charge in [0.05, 0.1) is 5.01 Å². The van der Waals surface area contributed by atoms with E-state index < -0.39 is 0 Å². The topological polar surface area (TPSA) is 30.0 Å². The van der Waals surface area contributed by atoms with Crippen LogP contribution in [0.5, 0.6) is 0 Å². The number of rotatable bonds is 2. The molecular formula is C12H17NOS. The van der Waals surface area contributed by atoms with Crippen LogP contribution in [0.3, 0.4) is 0 Å². The smallest absolute Gasteiger partial charge is 0.185 e. The van der Waals surface area contributed by atoms with Crippen LogP contribution in [0.25, 0.3) is 0 Å². The number of Topliss-reactive ketones (excluding diaryl/α,β-unsaturated/α-hetero) is 1. The lowest BCUT2D eigenvalue weighted by molar-refractivity contribution is 0.0871. The van der Waals surface area contributed by atoms with E-state index in [1.165, 1.54) is 12.8 Å². The minimum atomic E-state index is 0.239. The van der Waals surface area contributed by atoms with Crippen LogP contribution in [0.15, 0.2) is 5.38 Å². The Morgan fingerprint density at radius 3 is 2.60 bits per heavy atom. The molecule has 0 N–H and O–H groups in total. The largest absolute Gasteiger partial charge is 0.292 e. The Hall–Kier alpha value is -0.700. The van der Waals surface area contributed by atoms with Gasteiger partial charge in [-0.05, 0) is 25.7 Å². The second-order valence-electron chi connectivity index (χ2n) is 4.57. The van der Waals surface area contributed by atoms with E-state index in [9.17, 15) is 4.79 Å². The lowest BCUT2D eigenvalue weighted by Crippen LogP contribution is -2.21. The van der Waals surface area contributed by atoms with Crippen molar-refractivity contribution in [2.45, 2.75) is 39.5 Å². The lowest BCUT2D eigenvalue weighted by Gasteiger charge is -2.24. The molecule has 2 nitrogen and oxygen atoms in total. The first-order chi connectivity index (χ1) is 7.16. The maximum atomic E-state index is 12.1. The van der Waals surface area contributed by atoms with Gasteiger partial charge in [-0.1, -0.05) is 19.8 Å². The standard InChI is InChI=1S/C12H17NOS/c1-8-3-5-10(6-4-8)12(14)11-7-15-9(2)13-11/h7-8,10H,3-6H2,1-2H3. The highest BCUT2D eigenvalue weighted by molar-refractivity contribution is 7.09. The first kappa shape index (κ1) is 10.8. The fourth-order valence-corrected chi connectivity index (χ4v) is 2.81. The SMILES string of the molecule is Cc1nc(C(=O)C2CCC(C)CC2)cs1. The number of hydrogen-bond acceptors (Lipinski definition) is 3. The van der Waals surface area contributed by atoms with E-state index in [-0.39, 0.29) is 11.7 Å². The molecule has 0 aromatic carbocycles. The van der Waals surface area contributed by atoms with Crippen LogP contribution in [0.4, 0.5) is 0 Å². The molecule has 1 aliphatic rings. The number of thiazole rings is 1. The minimum Gasteiger partial charge on any atom is -0.292 e.